The fourth-order valence-electron chi connectivity index (χ4n) is 2.02. The van der Waals surface area contributed by atoms with Crippen LogP contribution in [0.3, 0.4) is 0 Å². The van der Waals surface area contributed by atoms with Gasteiger partial charge >= 0.3 is 0 Å². The van der Waals surface area contributed by atoms with Gasteiger partial charge in [-0.15, -0.1) is 0 Å². The highest BCUT2D eigenvalue weighted by Gasteiger charge is 2.37. The first-order valence-electron chi connectivity index (χ1n) is 6.17. The number of nitrogens with zero attached hydrogens (tertiary/aromatic N) is 3. The zero-order valence-corrected chi connectivity index (χ0v) is 10.9. The lowest BCUT2D eigenvalue weighted by Crippen LogP contribution is -2.34. The summed E-state index contributed by atoms with van der Waals surface area (Å²) in [5.74, 6) is -0.268. The van der Waals surface area contributed by atoms with Crippen molar-refractivity contribution < 1.29 is 9.59 Å². The highest BCUT2D eigenvalue weighted by Crippen LogP contribution is 2.18. The Bertz CT molecular complexity index is 466. The standard InChI is InChI=1S/C12H18N4O2/c1-4-15-11(17)5-10(12(15)18)14-9-6-13-16(7-9)8(2)3/h6-8,10,14H,4-5H2,1-3H3. The Kier molecular flexibility index (Phi) is 3.36. The second-order valence-corrected chi connectivity index (χ2v) is 4.68. The van der Waals surface area contributed by atoms with Gasteiger partial charge in [-0.25, -0.2) is 0 Å². The highest BCUT2D eigenvalue weighted by atomic mass is 16.2. The molecule has 2 heterocycles. The summed E-state index contributed by atoms with van der Waals surface area (Å²) in [4.78, 5) is 24.8. The van der Waals surface area contributed by atoms with Crippen LogP contribution in [0.4, 0.5) is 5.69 Å². The molecule has 2 rings (SSSR count). The van der Waals surface area contributed by atoms with Crippen LogP contribution in [0.1, 0.15) is 33.2 Å². The smallest absolute Gasteiger partial charge is 0.252 e. The number of aromatic nitrogens is 2. The number of hydrogen-bond acceptors (Lipinski definition) is 4. The Hall–Kier alpha value is -1.85. The van der Waals surface area contributed by atoms with Crippen molar-refractivity contribution in [3.8, 4) is 0 Å². The Balaban J connectivity index is 2.06. The van der Waals surface area contributed by atoms with Crippen molar-refractivity contribution in [2.45, 2.75) is 39.3 Å². The number of rotatable bonds is 4. The maximum Gasteiger partial charge on any atom is 0.252 e. The quantitative estimate of drug-likeness (QED) is 0.810. The van der Waals surface area contributed by atoms with E-state index in [-0.39, 0.29) is 24.3 Å². The predicted molar refractivity (Wildman–Crippen MR) is 67.0 cm³/mol. The molecular weight excluding hydrogens is 232 g/mol. The maximum absolute atomic E-state index is 11.9. The van der Waals surface area contributed by atoms with Gasteiger partial charge in [-0.2, -0.15) is 5.10 Å². The van der Waals surface area contributed by atoms with Crippen molar-refractivity contribution in [3.05, 3.63) is 12.4 Å². The average Bonchev–Trinajstić information content (AvgIpc) is 2.86. The first-order valence-corrected chi connectivity index (χ1v) is 6.17. The van der Waals surface area contributed by atoms with Crippen LogP contribution >= 0.6 is 0 Å². The topological polar surface area (TPSA) is 67.2 Å². The summed E-state index contributed by atoms with van der Waals surface area (Å²) in [6.45, 7) is 6.29. The van der Waals surface area contributed by atoms with Gasteiger partial charge in [0.15, 0.2) is 0 Å². The molecule has 0 aromatic carbocycles. The minimum absolute atomic E-state index is 0.115. The van der Waals surface area contributed by atoms with Gasteiger partial charge < -0.3 is 5.32 Å². The number of carbonyl (C=O) groups is 2. The number of likely N-dealkylation sites (N-methyl/N-ethyl adjacent to an activating group) is 1. The molecule has 1 atom stereocenters. The Morgan fingerprint density at radius 2 is 2.22 bits per heavy atom. The summed E-state index contributed by atoms with van der Waals surface area (Å²) in [6, 6.07) is -0.184. The Morgan fingerprint density at radius 3 is 2.72 bits per heavy atom. The third-order valence-electron chi connectivity index (χ3n) is 3.03. The van der Waals surface area contributed by atoms with Gasteiger partial charge in [0.05, 0.1) is 18.3 Å². The Labute approximate surface area is 106 Å². The summed E-state index contributed by atoms with van der Waals surface area (Å²) in [7, 11) is 0. The third-order valence-corrected chi connectivity index (χ3v) is 3.03. The molecule has 0 saturated carbocycles. The highest BCUT2D eigenvalue weighted by molar-refractivity contribution is 6.06. The lowest BCUT2D eigenvalue weighted by Gasteiger charge is -2.12. The zero-order valence-electron chi connectivity index (χ0n) is 10.9. The van der Waals surface area contributed by atoms with Gasteiger partial charge in [-0.3, -0.25) is 19.2 Å². The molecule has 1 fully saturated rings. The molecule has 0 bridgehead atoms. The van der Waals surface area contributed by atoms with Crippen LogP contribution in [-0.2, 0) is 9.59 Å². The predicted octanol–water partition coefficient (Wildman–Crippen LogP) is 1.02. The van der Waals surface area contributed by atoms with Crippen molar-refractivity contribution >= 4 is 17.5 Å². The average molecular weight is 250 g/mol. The van der Waals surface area contributed by atoms with Crippen molar-refractivity contribution in [2.24, 2.45) is 0 Å². The van der Waals surface area contributed by atoms with Crippen LogP contribution in [0.15, 0.2) is 12.4 Å². The van der Waals surface area contributed by atoms with E-state index in [1.807, 2.05) is 20.0 Å². The van der Waals surface area contributed by atoms with Gasteiger partial charge in [0, 0.05) is 18.8 Å². The molecule has 1 aliphatic heterocycles. The molecule has 0 spiro atoms. The monoisotopic (exact) mass is 250 g/mol. The maximum atomic E-state index is 11.9. The number of amides is 2. The molecular formula is C12H18N4O2. The summed E-state index contributed by atoms with van der Waals surface area (Å²) in [5.41, 5.74) is 0.771. The molecule has 0 radical (unpaired) electrons. The van der Waals surface area contributed by atoms with E-state index < -0.39 is 6.04 Å². The van der Waals surface area contributed by atoms with Crippen molar-refractivity contribution in [3.63, 3.8) is 0 Å². The van der Waals surface area contributed by atoms with Crippen LogP contribution in [0.5, 0.6) is 0 Å². The van der Waals surface area contributed by atoms with Crippen LogP contribution in [0.2, 0.25) is 0 Å². The van der Waals surface area contributed by atoms with Crippen LogP contribution < -0.4 is 5.32 Å². The van der Waals surface area contributed by atoms with E-state index in [2.05, 4.69) is 10.4 Å². The molecule has 98 valence electrons. The molecule has 1 unspecified atom stereocenters. The SMILES string of the molecule is CCN1C(=O)CC(Nc2cnn(C(C)C)c2)C1=O. The van der Waals surface area contributed by atoms with Crippen molar-refractivity contribution in [2.75, 3.05) is 11.9 Å². The van der Waals surface area contributed by atoms with E-state index >= 15 is 0 Å². The van der Waals surface area contributed by atoms with E-state index in [9.17, 15) is 9.59 Å². The van der Waals surface area contributed by atoms with Crippen LogP contribution in [0, 0.1) is 0 Å². The fourth-order valence-corrected chi connectivity index (χ4v) is 2.02. The number of imide groups is 1. The molecule has 1 aromatic heterocycles. The number of likely N-dealkylation sites (tertiary alicyclic amines) is 1. The lowest BCUT2D eigenvalue weighted by atomic mass is 10.2. The van der Waals surface area contributed by atoms with Gasteiger partial charge in [-0.1, -0.05) is 0 Å². The van der Waals surface area contributed by atoms with Crippen LogP contribution in [-0.4, -0.2) is 39.1 Å². The molecule has 1 saturated heterocycles. The van der Waals surface area contributed by atoms with E-state index in [0.29, 0.717) is 6.54 Å². The van der Waals surface area contributed by atoms with Gasteiger partial charge in [0.25, 0.3) is 5.91 Å². The summed E-state index contributed by atoms with van der Waals surface area (Å²) < 4.78 is 1.81. The number of carbonyl (C=O) groups excluding carboxylic acids is 2. The van der Waals surface area contributed by atoms with Gasteiger partial charge in [0.2, 0.25) is 5.91 Å². The van der Waals surface area contributed by atoms with E-state index in [0.717, 1.165) is 5.69 Å². The Morgan fingerprint density at radius 1 is 1.50 bits per heavy atom. The summed E-state index contributed by atoms with van der Waals surface area (Å²) in [6.07, 6.45) is 3.74. The van der Waals surface area contributed by atoms with Gasteiger partial charge in [-0.05, 0) is 20.8 Å². The van der Waals surface area contributed by atoms with Crippen molar-refractivity contribution in [1.29, 1.82) is 0 Å². The number of nitrogens with one attached hydrogen (secondary N) is 1. The second kappa shape index (κ2) is 4.80. The van der Waals surface area contributed by atoms with Gasteiger partial charge in [0.1, 0.15) is 6.04 Å². The molecule has 6 heteroatoms. The number of anilines is 1. The minimum atomic E-state index is -0.456. The fraction of sp³-hybridized carbons (Fsp3) is 0.583. The molecule has 0 aliphatic carbocycles. The summed E-state index contributed by atoms with van der Waals surface area (Å²) in [5, 5.41) is 7.25. The molecule has 6 nitrogen and oxygen atoms in total. The lowest BCUT2D eigenvalue weighted by molar-refractivity contribution is -0.138. The molecule has 1 aromatic rings. The van der Waals surface area contributed by atoms with Crippen molar-refractivity contribution in [1.82, 2.24) is 14.7 Å². The van der Waals surface area contributed by atoms with E-state index in [1.54, 1.807) is 17.8 Å². The van der Waals surface area contributed by atoms with Crippen LogP contribution in [0.25, 0.3) is 0 Å². The zero-order chi connectivity index (χ0) is 13.3. The third kappa shape index (κ3) is 2.23. The normalized spacial score (nSPS) is 20.0. The molecule has 1 aliphatic rings. The number of hydrogen-bond donors (Lipinski definition) is 1. The van der Waals surface area contributed by atoms with E-state index in [4.69, 9.17) is 0 Å². The second-order valence-electron chi connectivity index (χ2n) is 4.68. The molecule has 1 N–H and O–H groups in total. The first kappa shape index (κ1) is 12.6. The summed E-state index contributed by atoms with van der Waals surface area (Å²) >= 11 is 0. The molecule has 18 heavy (non-hydrogen) atoms. The minimum Gasteiger partial charge on any atom is -0.371 e. The van der Waals surface area contributed by atoms with E-state index in [1.165, 1.54) is 4.90 Å². The largest absolute Gasteiger partial charge is 0.371 e. The molecule has 2 amide bonds. The first-order chi connectivity index (χ1) is 8.52.